The summed E-state index contributed by atoms with van der Waals surface area (Å²) in [7, 11) is 1.61. The summed E-state index contributed by atoms with van der Waals surface area (Å²) in [5.74, 6) is -0.0602. The van der Waals surface area contributed by atoms with Gasteiger partial charge in [0.25, 0.3) is 0 Å². The highest BCUT2D eigenvalue weighted by molar-refractivity contribution is 5.87. The van der Waals surface area contributed by atoms with Gasteiger partial charge in [-0.05, 0) is 49.1 Å². The number of carbonyl (C=O) groups is 2. The largest absolute Gasteiger partial charge is 0.497 e. The number of hydrogen-bond acceptors (Lipinski definition) is 7. The van der Waals surface area contributed by atoms with E-state index in [1.165, 1.54) is 12.2 Å². The molecule has 0 aromatic heterocycles. The van der Waals surface area contributed by atoms with Gasteiger partial charge in [-0.1, -0.05) is 48.5 Å². The van der Waals surface area contributed by atoms with Crippen LogP contribution in [0.25, 0.3) is 6.08 Å². The van der Waals surface area contributed by atoms with Gasteiger partial charge in [0.2, 0.25) is 0 Å². The quantitative estimate of drug-likeness (QED) is 0.353. The van der Waals surface area contributed by atoms with Crippen molar-refractivity contribution in [3.05, 3.63) is 84.0 Å². The molecule has 36 heavy (non-hydrogen) atoms. The Labute approximate surface area is 211 Å². The molecule has 0 N–H and O–H groups in total. The molecular formula is C29H32O7. The van der Waals surface area contributed by atoms with Gasteiger partial charge in [0.15, 0.2) is 0 Å². The van der Waals surface area contributed by atoms with Gasteiger partial charge in [-0.2, -0.15) is 0 Å². The third-order valence-electron chi connectivity index (χ3n) is 6.35. The normalized spacial score (nSPS) is 23.3. The fourth-order valence-corrected chi connectivity index (χ4v) is 4.41. The van der Waals surface area contributed by atoms with Gasteiger partial charge in [-0.15, -0.1) is 0 Å². The second-order valence-corrected chi connectivity index (χ2v) is 8.91. The lowest BCUT2D eigenvalue weighted by molar-refractivity contribution is -0.173. The molecule has 1 fully saturated rings. The minimum Gasteiger partial charge on any atom is -0.497 e. The van der Waals surface area contributed by atoms with Gasteiger partial charge in [-0.25, -0.2) is 9.59 Å². The predicted octanol–water partition coefficient (Wildman–Crippen LogP) is 4.64. The number of hydrogen-bond donors (Lipinski definition) is 0. The maximum atomic E-state index is 12.4. The smallest absolute Gasteiger partial charge is 0.331 e. The summed E-state index contributed by atoms with van der Waals surface area (Å²) in [6, 6.07) is 17.2. The maximum absolute atomic E-state index is 12.4. The van der Waals surface area contributed by atoms with Crippen molar-refractivity contribution in [2.75, 3.05) is 7.11 Å². The van der Waals surface area contributed by atoms with E-state index in [0.29, 0.717) is 25.9 Å². The van der Waals surface area contributed by atoms with E-state index < -0.39 is 24.3 Å². The highest BCUT2D eigenvalue weighted by Gasteiger charge is 2.41. The van der Waals surface area contributed by atoms with Crippen LogP contribution < -0.4 is 4.74 Å². The summed E-state index contributed by atoms with van der Waals surface area (Å²) in [5.41, 5.74) is 1.90. The van der Waals surface area contributed by atoms with Crippen molar-refractivity contribution in [3.8, 4) is 5.75 Å². The third kappa shape index (κ3) is 7.06. The van der Waals surface area contributed by atoms with Gasteiger partial charge >= 0.3 is 11.9 Å². The molecule has 190 valence electrons. The van der Waals surface area contributed by atoms with E-state index >= 15 is 0 Å². The summed E-state index contributed by atoms with van der Waals surface area (Å²) in [6.07, 6.45) is 6.49. The van der Waals surface area contributed by atoms with Crippen molar-refractivity contribution in [2.24, 2.45) is 0 Å². The average Bonchev–Trinajstić information content (AvgIpc) is 3.39. The molecule has 0 saturated carbocycles. The zero-order chi connectivity index (χ0) is 25.3. The molecule has 2 aromatic rings. The van der Waals surface area contributed by atoms with Crippen molar-refractivity contribution in [1.82, 2.24) is 0 Å². The molecule has 7 heteroatoms. The highest BCUT2D eigenvalue weighted by Crippen LogP contribution is 2.31. The molecule has 0 bridgehead atoms. The van der Waals surface area contributed by atoms with Gasteiger partial charge < -0.3 is 23.7 Å². The second-order valence-electron chi connectivity index (χ2n) is 8.91. The number of benzene rings is 2. The summed E-state index contributed by atoms with van der Waals surface area (Å²) in [6.45, 7) is 2.21. The van der Waals surface area contributed by atoms with Gasteiger partial charge in [0, 0.05) is 18.6 Å². The zero-order valence-corrected chi connectivity index (χ0v) is 20.6. The molecule has 0 radical (unpaired) electrons. The number of ether oxygens (including phenoxy) is 5. The minimum atomic E-state index is -0.438. The van der Waals surface area contributed by atoms with Gasteiger partial charge in [-0.3, -0.25) is 0 Å². The van der Waals surface area contributed by atoms with E-state index in [0.717, 1.165) is 16.9 Å². The first kappa shape index (κ1) is 25.7. The Kier molecular flexibility index (Phi) is 8.92. The average molecular weight is 493 g/mol. The molecule has 2 aliphatic heterocycles. The Morgan fingerprint density at radius 3 is 2.53 bits per heavy atom. The van der Waals surface area contributed by atoms with E-state index in [-0.39, 0.29) is 18.2 Å². The molecular weight excluding hydrogens is 460 g/mol. The van der Waals surface area contributed by atoms with E-state index in [1.807, 2.05) is 61.5 Å². The fraction of sp³-hybridized carbons (Fsp3) is 0.379. The Morgan fingerprint density at radius 1 is 1.06 bits per heavy atom. The summed E-state index contributed by atoms with van der Waals surface area (Å²) >= 11 is 0. The molecule has 3 unspecified atom stereocenters. The van der Waals surface area contributed by atoms with Crippen LogP contribution in [0.1, 0.15) is 37.3 Å². The lowest BCUT2D eigenvalue weighted by Gasteiger charge is -2.32. The van der Waals surface area contributed by atoms with Crippen LogP contribution in [0.3, 0.4) is 0 Å². The van der Waals surface area contributed by atoms with Crippen molar-refractivity contribution >= 4 is 18.0 Å². The molecule has 4 rings (SSSR count). The molecule has 0 aliphatic carbocycles. The maximum Gasteiger partial charge on any atom is 0.331 e. The predicted molar refractivity (Wildman–Crippen MR) is 134 cm³/mol. The molecule has 2 aromatic carbocycles. The number of carbonyl (C=O) groups excluding carboxylic acids is 2. The van der Waals surface area contributed by atoms with Crippen LogP contribution in [-0.4, -0.2) is 49.6 Å². The Balaban J connectivity index is 1.33. The fourth-order valence-electron chi connectivity index (χ4n) is 4.41. The second kappa shape index (κ2) is 12.5. The van der Waals surface area contributed by atoms with Gasteiger partial charge in [0.1, 0.15) is 24.1 Å². The number of methoxy groups -OCH3 is 1. The molecule has 1 saturated heterocycles. The van der Waals surface area contributed by atoms with Gasteiger partial charge in [0.05, 0.1) is 25.9 Å². The highest BCUT2D eigenvalue weighted by atomic mass is 16.6. The summed E-state index contributed by atoms with van der Waals surface area (Å²) in [5, 5.41) is 0. The Hall–Kier alpha value is -3.42. The topological polar surface area (TPSA) is 80.3 Å². The SMILES string of the molecule is COc1ccc(/C=C/C(=O)OC(C)[C@H]2CC[C@@H](C(OCc3ccccc3)C3CC=CC(=O)O3)O2)cc1. The minimum absolute atomic E-state index is 0.272. The van der Waals surface area contributed by atoms with Crippen molar-refractivity contribution < 1.29 is 33.3 Å². The number of esters is 2. The van der Waals surface area contributed by atoms with Crippen molar-refractivity contribution in [2.45, 2.75) is 63.3 Å². The van der Waals surface area contributed by atoms with Crippen molar-refractivity contribution in [3.63, 3.8) is 0 Å². The van der Waals surface area contributed by atoms with E-state index in [9.17, 15) is 9.59 Å². The molecule has 0 spiro atoms. The van der Waals surface area contributed by atoms with Crippen LogP contribution in [-0.2, 0) is 35.1 Å². The number of rotatable bonds is 10. The van der Waals surface area contributed by atoms with E-state index in [2.05, 4.69) is 0 Å². The first-order valence-electron chi connectivity index (χ1n) is 12.2. The monoisotopic (exact) mass is 492 g/mol. The third-order valence-corrected chi connectivity index (χ3v) is 6.35. The van der Waals surface area contributed by atoms with Crippen molar-refractivity contribution in [1.29, 1.82) is 0 Å². The Bertz CT molecular complexity index is 1060. The van der Waals surface area contributed by atoms with Crippen LogP contribution in [0, 0.1) is 0 Å². The van der Waals surface area contributed by atoms with E-state index in [4.69, 9.17) is 23.7 Å². The summed E-state index contributed by atoms with van der Waals surface area (Å²) < 4.78 is 28.9. The molecule has 0 amide bonds. The lowest BCUT2D eigenvalue weighted by atomic mass is 10.00. The molecule has 2 heterocycles. The number of cyclic esters (lactones) is 1. The summed E-state index contributed by atoms with van der Waals surface area (Å²) in [4.78, 5) is 24.3. The van der Waals surface area contributed by atoms with Crippen LogP contribution in [0.15, 0.2) is 72.8 Å². The molecule has 5 atom stereocenters. The first-order chi connectivity index (χ1) is 17.5. The van der Waals surface area contributed by atoms with Crippen LogP contribution >= 0.6 is 0 Å². The van der Waals surface area contributed by atoms with Crippen LogP contribution in [0.5, 0.6) is 5.75 Å². The molecule has 2 aliphatic rings. The Morgan fingerprint density at radius 2 is 1.81 bits per heavy atom. The van der Waals surface area contributed by atoms with Crippen LogP contribution in [0.4, 0.5) is 0 Å². The van der Waals surface area contributed by atoms with E-state index in [1.54, 1.807) is 19.3 Å². The lowest BCUT2D eigenvalue weighted by Crippen LogP contribution is -2.43. The zero-order valence-electron chi connectivity index (χ0n) is 20.6. The first-order valence-corrected chi connectivity index (χ1v) is 12.2. The molecule has 7 nitrogen and oxygen atoms in total. The van der Waals surface area contributed by atoms with Crippen LogP contribution in [0.2, 0.25) is 0 Å². The standard InChI is InChI=1S/C29H32O7/c1-20(34-28(31)18-13-21-11-14-23(32-2)15-12-21)24-16-17-26(35-24)29(25-9-6-10-27(30)36-25)33-19-22-7-4-3-5-8-22/h3-8,10-15,18,20,24-26,29H,9,16-17,19H2,1-2H3/b18-13+/t20?,24-,25?,26+,29?/m1/s1.